The number of carbonyl (C=O) groups excluding carboxylic acids is 3. The van der Waals surface area contributed by atoms with Crippen molar-refractivity contribution in [2.75, 3.05) is 24.5 Å². The van der Waals surface area contributed by atoms with E-state index in [0.717, 1.165) is 11.3 Å². The van der Waals surface area contributed by atoms with Crippen LogP contribution < -0.4 is 16.0 Å². The van der Waals surface area contributed by atoms with E-state index in [-0.39, 0.29) is 30.2 Å². The van der Waals surface area contributed by atoms with Crippen LogP contribution in [-0.2, 0) is 9.59 Å². The first kappa shape index (κ1) is 16.3. The summed E-state index contributed by atoms with van der Waals surface area (Å²) in [6, 6.07) is 5.33. The Morgan fingerprint density at radius 3 is 2.50 bits per heavy atom. The first-order valence-electron chi connectivity index (χ1n) is 8.07. The molecule has 2 heterocycles. The highest BCUT2D eigenvalue weighted by Crippen LogP contribution is 2.27. The molecule has 2 aliphatic heterocycles. The maximum atomic E-state index is 12.3. The quantitative estimate of drug-likeness (QED) is 0.846. The fourth-order valence-corrected chi connectivity index (χ4v) is 3.10. The summed E-state index contributed by atoms with van der Waals surface area (Å²) in [5.74, 6) is -0.531. The number of likely N-dealkylation sites (tertiary alicyclic amines) is 1. The Balaban J connectivity index is 1.59. The minimum Gasteiger partial charge on any atom is -0.351 e. The molecule has 7 nitrogen and oxygen atoms in total. The monoisotopic (exact) mass is 330 g/mol. The highest BCUT2D eigenvalue weighted by atomic mass is 16.2. The van der Waals surface area contributed by atoms with Crippen LogP contribution in [0.2, 0.25) is 0 Å². The molecule has 1 unspecified atom stereocenters. The van der Waals surface area contributed by atoms with Gasteiger partial charge < -0.3 is 20.9 Å². The lowest BCUT2D eigenvalue weighted by Gasteiger charge is -2.38. The molecule has 2 aliphatic rings. The van der Waals surface area contributed by atoms with Gasteiger partial charge in [-0.25, -0.2) is 4.79 Å². The number of aryl methyl sites for hydroxylation is 2. The third-order valence-electron chi connectivity index (χ3n) is 4.84. The maximum absolute atomic E-state index is 12.3. The van der Waals surface area contributed by atoms with E-state index in [1.807, 2.05) is 32.0 Å². The average molecular weight is 330 g/mol. The molecule has 128 valence electrons. The Bertz CT molecular complexity index is 697. The summed E-state index contributed by atoms with van der Waals surface area (Å²) >= 11 is 0. The molecular formula is C17H22N4O3. The average Bonchev–Trinajstić information content (AvgIpc) is 2.87. The zero-order chi connectivity index (χ0) is 17.4. The lowest BCUT2D eigenvalue weighted by molar-refractivity contribution is -0.127. The molecule has 0 radical (unpaired) electrons. The number of carbonyl (C=O) groups is 3. The van der Waals surface area contributed by atoms with Crippen molar-refractivity contribution in [2.24, 2.45) is 11.7 Å². The predicted molar refractivity (Wildman–Crippen MR) is 89.5 cm³/mol. The Morgan fingerprint density at radius 1 is 1.17 bits per heavy atom. The molecule has 2 fully saturated rings. The van der Waals surface area contributed by atoms with Crippen LogP contribution in [0.4, 0.5) is 10.5 Å². The summed E-state index contributed by atoms with van der Waals surface area (Å²) in [6.45, 7) is 5.28. The number of nitrogens with zero attached hydrogens (tertiary/aromatic N) is 2. The summed E-state index contributed by atoms with van der Waals surface area (Å²) in [5.41, 5.74) is 8.28. The number of hydrogen-bond acceptors (Lipinski definition) is 3. The molecule has 3 rings (SSSR count). The van der Waals surface area contributed by atoms with Crippen molar-refractivity contribution in [3.05, 3.63) is 29.3 Å². The first-order valence-corrected chi connectivity index (χ1v) is 8.07. The second kappa shape index (κ2) is 6.14. The van der Waals surface area contributed by atoms with Crippen molar-refractivity contribution in [1.29, 1.82) is 0 Å². The van der Waals surface area contributed by atoms with E-state index in [1.54, 1.807) is 4.90 Å². The first-order chi connectivity index (χ1) is 11.3. The van der Waals surface area contributed by atoms with E-state index in [2.05, 4.69) is 5.32 Å². The number of nitrogens with one attached hydrogen (secondary N) is 1. The van der Waals surface area contributed by atoms with Gasteiger partial charge in [0.05, 0.1) is 12.0 Å². The summed E-state index contributed by atoms with van der Waals surface area (Å²) in [4.78, 5) is 38.7. The number of hydrogen-bond donors (Lipinski definition) is 2. The van der Waals surface area contributed by atoms with Crippen LogP contribution in [0, 0.1) is 19.8 Å². The minimum absolute atomic E-state index is 0.0363. The van der Waals surface area contributed by atoms with Crippen LogP contribution in [-0.4, -0.2) is 48.4 Å². The Kier molecular flexibility index (Phi) is 4.17. The third-order valence-corrected chi connectivity index (χ3v) is 4.84. The molecular weight excluding hydrogens is 308 g/mol. The zero-order valence-corrected chi connectivity index (χ0v) is 13.9. The number of amides is 4. The van der Waals surface area contributed by atoms with E-state index >= 15 is 0 Å². The smallest absolute Gasteiger partial charge is 0.314 e. The molecule has 2 saturated heterocycles. The van der Waals surface area contributed by atoms with Gasteiger partial charge in [-0.05, 0) is 37.1 Å². The SMILES string of the molecule is Cc1ccc(N2CC(C(=O)NC3CN(C(N)=O)C3)CC2=O)cc1C. The summed E-state index contributed by atoms with van der Waals surface area (Å²) in [6.07, 6.45) is 0.213. The largest absolute Gasteiger partial charge is 0.351 e. The number of anilines is 1. The van der Waals surface area contributed by atoms with Gasteiger partial charge >= 0.3 is 6.03 Å². The van der Waals surface area contributed by atoms with Crippen LogP contribution in [0.15, 0.2) is 18.2 Å². The van der Waals surface area contributed by atoms with Gasteiger partial charge in [-0.3, -0.25) is 9.59 Å². The van der Waals surface area contributed by atoms with Crippen molar-refractivity contribution in [3.8, 4) is 0 Å². The highest BCUT2D eigenvalue weighted by molar-refractivity contribution is 6.00. The van der Waals surface area contributed by atoms with E-state index in [4.69, 9.17) is 5.73 Å². The van der Waals surface area contributed by atoms with Crippen LogP contribution in [0.5, 0.6) is 0 Å². The van der Waals surface area contributed by atoms with Gasteiger partial charge in [0, 0.05) is 31.7 Å². The molecule has 3 N–H and O–H groups in total. The molecule has 0 aromatic heterocycles. The second-order valence-electron chi connectivity index (χ2n) is 6.62. The molecule has 0 aliphatic carbocycles. The standard InChI is InChI=1S/C17H22N4O3/c1-10-3-4-14(5-11(10)2)21-7-12(6-15(21)22)16(23)19-13-8-20(9-13)17(18)24/h3-5,12-13H,6-9H2,1-2H3,(H2,18,24)(H,19,23). The molecule has 7 heteroatoms. The molecule has 1 atom stereocenters. The minimum atomic E-state index is -0.475. The molecule has 4 amide bonds. The van der Waals surface area contributed by atoms with E-state index in [1.165, 1.54) is 10.5 Å². The van der Waals surface area contributed by atoms with Crippen molar-refractivity contribution >= 4 is 23.5 Å². The van der Waals surface area contributed by atoms with E-state index in [9.17, 15) is 14.4 Å². The van der Waals surface area contributed by atoms with Gasteiger partial charge in [0.15, 0.2) is 0 Å². The van der Waals surface area contributed by atoms with Crippen molar-refractivity contribution in [2.45, 2.75) is 26.3 Å². The van der Waals surface area contributed by atoms with Gasteiger partial charge in [-0.15, -0.1) is 0 Å². The maximum Gasteiger partial charge on any atom is 0.314 e. The Hall–Kier alpha value is -2.57. The number of rotatable bonds is 3. The fraction of sp³-hybridized carbons (Fsp3) is 0.471. The van der Waals surface area contributed by atoms with Gasteiger partial charge in [0.25, 0.3) is 0 Å². The Labute approximate surface area is 140 Å². The third kappa shape index (κ3) is 3.06. The topological polar surface area (TPSA) is 95.7 Å². The van der Waals surface area contributed by atoms with Gasteiger partial charge in [0.2, 0.25) is 11.8 Å². The van der Waals surface area contributed by atoms with E-state index < -0.39 is 6.03 Å². The van der Waals surface area contributed by atoms with Crippen molar-refractivity contribution in [3.63, 3.8) is 0 Å². The molecule has 0 bridgehead atoms. The summed E-state index contributed by atoms with van der Waals surface area (Å²) in [5, 5.41) is 2.89. The number of urea groups is 1. The lowest BCUT2D eigenvalue weighted by Crippen LogP contribution is -2.62. The molecule has 1 aromatic rings. The van der Waals surface area contributed by atoms with Crippen molar-refractivity contribution in [1.82, 2.24) is 10.2 Å². The summed E-state index contributed by atoms with van der Waals surface area (Å²) in [7, 11) is 0. The normalized spacial score (nSPS) is 20.9. The van der Waals surface area contributed by atoms with Crippen LogP contribution in [0.3, 0.4) is 0 Å². The van der Waals surface area contributed by atoms with Crippen LogP contribution >= 0.6 is 0 Å². The zero-order valence-electron chi connectivity index (χ0n) is 13.9. The summed E-state index contributed by atoms with van der Waals surface area (Å²) < 4.78 is 0. The van der Waals surface area contributed by atoms with Gasteiger partial charge in [-0.1, -0.05) is 6.07 Å². The van der Waals surface area contributed by atoms with Gasteiger partial charge in [0.1, 0.15) is 0 Å². The van der Waals surface area contributed by atoms with Crippen molar-refractivity contribution < 1.29 is 14.4 Å². The van der Waals surface area contributed by atoms with Crippen LogP contribution in [0.25, 0.3) is 0 Å². The lowest BCUT2D eigenvalue weighted by atomic mass is 10.1. The predicted octanol–water partition coefficient (Wildman–Crippen LogP) is 0.535. The van der Waals surface area contributed by atoms with E-state index in [0.29, 0.717) is 19.6 Å². The second-order valence-corrected chi connectivity index (χ2v) is 6.62. The highest BCUT2D eigenvalue weighted by Gasteiger charge is 2.38. The molecule has 1 aromatic carbocycles. The Morgan fingerprint density at radius 2 is 1.88 bits per heavy atom. The van der Waals surface area contributed by atoms with Crippen LogP contribution in [0.1, 0.15) is 17.5 Å². The molecule has 0 saturated carbocycles. The molecule has 24 heavy (non-hydrogen) atoms. The number of primary amides is 1. The number of benzene rings is 1. The number of nitrogens with two attached hydrogens (primary N) is 1. The molecule has 0 spiro atoms. The fourth-order valence-electron chi connectivity index (χ4n) is 3.10. The van der Waals surface area contributed by atoms with Gasteiger partial charge in [-0.2, -0.15) is 0 Å².